The summed E-state index contributed by atoms with van der Waals surface area (Å²) in [5.74, 6) is 2.08. The van der Waals surface area contributed by atoms with E-state index in [1.165, 1.54) is 0 Å². The van der Waals surface area contributed by atoms with E-state index in [0.717, 1.165) is 20.6 Å². The average Bonchev–Trinajstić information content (AvgIpc) is 3.05. The Hall–Kier alpha value is -2.35. The number of hydrogen-bond donors (Lipinski definition) is 0. The normalized spacial score (nSPS) is 13.1. The molecule has 1 aromatic heterocycles. The largest absolute Gasteiger partial charge is 0.454 e. The van der Waals surface area contributed by atoms with Gasteiger partial charge in [0.1, 0.15) is 5.82 Å². The third kappa shape index (κ3) is 2.66. The Kier molecular flexibility index (Phi) is 3.76. The van der Waals surface area contributed by atoms with Gasteiger partial charge in [0.2, 0.25) is 6.79 Å². The predicted molar refractivity (Wildman–Crippen MR) is 101 cm³/mol. The van der Waals surface area contributed by atoms with Crippen LogP contribution in [0.25, 0.3) is 23.1 Å². The maximum Gasteiger partial charge on any atom is 0.261 e. The van der Waals surface area contributed by atoms with E-state index in [1.54, 1.807) is 11.6 Å². The van der Waals surface area contributed by atoms with Crippen molar-refractivity contribution < 1.29 is 9.47 Å². The van der Waals surface area contributed by atoms with Crippen molar-refractivity contribution in [1.29, 1.82) is 0 Å². The molecule has 0 atom stereocenters. The fraction of sp³-hybridized carbons (Fsp3) is 0.111. The topological polar surface area (TPSA) is 53.4 Å². The highest BCUT2D eigenvalue weighted by molar-refractivity contribution is 14.1. The molecule has 0 unspecified atom stereocenters. The van der Waals surface area contributed by atoms with Crippen molar-refractivity contribution in [2.45, 2.75) is 0 Å². The first-order valence-electron chi connectivity index (χ1n) is 7.36. The Morgan fingerprint density at radius 2 is 1.96 bits per heavy atom. The van der Waals surface area contributed by atoms with Crippen molar-refractivity contribution in [1.82, 2.24) is 9.55 Å². The van der Waals surface area contributed by atoms with Crippen molar-refractivity contribution in [3.63, 3.8) is 0 Å². The molecule has 0 N–H and O–H groups in total. The second-order valence-electron chi connectivity index (χ2n) is 5.44. The van der Waals surface area contributed by atoms with Crippen LogP contribution in [0, 0.1) is 3.57 Å². The van der Waals surface area contributed by atoms with Crippen LogP contribution in [-0.2, 0) is 7.05 Å². The third-order valence-electron chi connectivity index (χ3n) is 3.89. The van der Waals surface area contributed by atoms with Crippen molar-refractivity contribution in [3.8, 4) is 11.5 Å². The molecular weight excluding hydrogens is 419 g/mol. The number of ether oxygens (including phenoxy) is 2. The SMILES string of the molecule is Cn1c(/C=C/c2ccc3c(c2)OCO3)nc2ccc(I)cc2c1=O. The van der Waals surface area contributed by atoms with E-state index in [1.807, 2.05) is 48.6 Å². The van der Waals surface area contributed by atoms with E-state index in [9.17, 15) is 4.79 Å². The van der Waals surface area contributed by atoms with Gasteiger partial charge in [0.25, 0.3) is 5.56 Å². The zero-order valence-corrected chi connectivity index (χ0v) is 15.0. The van der Waals surface area contributed by atoms with Gasteiger partial charge in [0.15, 0.2) is 11.5 Å². The monoisotopic (exact) mass is 432 g/mol. The fourth-order valence-corrected chi connectivity index (χ4v) is 3.09. The number of fused-ring (bicyclic) bond motifs is 2. The van der Waals surface area contributed by atoms with Gasteiger partial charge in [0, 0.05) is 10.6 Å². The number of nitrogens with zero attached hydrogens (tertiary/aromatic N) is 2. The minimum atomic E-state index is -0.0520. The van der Waals surface area contributed by atoms with Crippen LogP contribution < -0.4 is 15.0 Å². The molecule has 0 spiro atoms. The summed E-state index contributed by atoms with van der Waals surface area (Å²) in [4.78, 5) is 17.1. The second-order valence-corrected chi connectivity index (χ2v) is 6.69. The molecule has 3 aromatic rings. The summed E-state index contributed by atoms with van der Waals surface area (Å²) in [6.07, 6.45) is 3.73. The van der Waals surface area contributed by atoms with Gasteiger partial charge in [-0.05, 0) is 64.6 Å². The van der Waals surface area contributed by atoms with Crippen LogP contribution in [0.1, 0.15) is 11.4 Å². The Bertz CT molecular complexity index is 1040. The lowest BCUT2D eigenvalue weighted by Crippen LogP contribution is -2.20. The maximum atomic E-state index is 12.5. The minimum Gasteiger partial charge on any atom is -0.454 e. The molecule has 0 aliphatic carbocycles. The number of benzene rings is 2. The molecule has 120 valence electrons. The highest BCUT2D eigenvalue weighted by atomic mass is 127. The first-order chi connectivity index (χ1) is 11.6. The van der Waals surface area contributed by atoms with Crippen molar-refractivity contribution >= 4 is 45.6 Å². The molecule has 1 aliphatic rings. The van der Waals surface area contributed by atoms with E-state index in [-0.39, 0.29) is 12.4 Å². The zero-order chi connectivity index (χ0) is 16.7. The number of rotatable bonds is 2. The summed E-state index contributed by atoms with van der Waals surface area (Å²) < 4.78 is 13.3. The van der Waals surface area contributed by atoms with Gasteiger partial charge < -0.3 is 9.47 Å². The molecule has 0 bridgehead atoms. The smallest absolute Gasteiger partial charge is 0.261 e. The molecule has 24 heavy (non-hydrogen) atoms. The van der Waals surface area contributed by atoms with E-state index < -0.39 is 0 Å². The molecule has 0 amide bonds. The number of halogens is 1. The van der Waals surface area contributed by atoms with E-state index in [4.69, 9.17) is 9.47 Å². The summed E-state index contributed by atoms with van der Waals surface area (Å²) in [6.45, 7) is 0.252. The van der Waals surface area contributed by atoms with Crippen LogP contribution in [0.15, 0.2) is 41.2 Å². The molecule has 0 radical (unpaired) electrons. The lowest BCUT2D eigenvalue weighted by atomic mass is 10.2. The van der Waals surface area contributed by atoms with Crippen molar-refractivity contribution in [2.75, 3.05) is 6.79 Å². The van der Waals surface area contributed by atoms with Crippen LogP contribution in [0.3, 0.4) is 0 Å². The van der Waals surface area contributed by atoms with Crippen molar-refractivity contribution in [3.05, 3.63) is 61.7 Å². The molecule has 2 aromatic carbocycles. The maximum absolute atomic E-state index is 12.5. The van der Waals surface area contributed by atoms with Crippen LogP contribution in [0.2, 0.25) is 0 Å². The van der Waals surface area contributed by atoms with Gasteiger partial charge in [0.05, 0.1) is 10.9 Å². The molecule has 2 heterocycles. The highest BCUT2D eigenvalue weighted by Gasteiger charge is 2.12. The summed E-state index contributed by atoms with van der Waals surface area (Å²) in [5, 5.41) is 0.629. The Balaban J connectivity index is 1.75. The molecule has 6 heteroatoms. The summed E-state index contributed by atoms with van der Waals surface area (Å²) >= 11 is 2.19. The molecule has 1 aliphatic heterocycles. The molecule has 5 nitrogen and oxygen atoms in total. The Labute approximate surface area is 151 Å². The van der Waals surface area contributed by atoms with Gasteiger partial charge in [-0.3, -0.25) is 9.36 Å². The van der Waals surface area contributed by atoms with Crippen LogP contribution in [0.4, 0.5) is 0 Å². The summed E-state index contributed by atoms with van der Waals surface area (Å²) in [6, 6.07) is 11.4. The standard InChI is InChI=1S/C18H13IN2O3/c1-21-17(20-14-5-4-12(19)9-13(14)18(21)22)7-3-11-2-6-15-16(8-11)24-10-23-15/h2-9H,10H2,1H3/b7-3+. The molecule has 0 fully saturated rings. The fourth-order valence-electron chi connectivity index (χ4n) is 2.60. The Morgan fingerprint density at radius 3 is 2.83 bits per heavy atom. The quantitative estimate of drug-likeness (QED) is 0.583. The van der Waals surface area contributed by atoms with Gasteiger partial charge in [-0.1, -0.05) is 12.1 Å². The third-order valence-corrected chi connectivity index (χ3v) is 4.56. The molecule has 0 saturated heterocycles. The van der Waals surface area contributed by atoms with Gasteiger partial charge in [-0.25, -0.2) is 4.98 Å². The predicted octanol–water partition coefficient (Wildman–Crippen LogP) is 3.44. The molecular formula is C18H13IN2O3. The van der Waals surface area contributed by atoms with Gasteiger partial charge >= 0.3 is 0 Å². The van der Waals surface area contributed by atoms with E-state index in [0.29, 0.717) is 16.7 Å². The lowest BCUT2D eigenvalue weighted by Gasteiger charge is -2.06. The van der Waals surface area contributed by atoms with Crippen LogP contribution in [-0.4, -0.2) is 16.3 Å². The number of aromatic nitrogens is 2. The van der Waals surface area contributed by atoms with Gasteiger partial charge in [-0.15, -0.1) is 0 Å². The molecule has 0 saturated carbocycles. The Morgan fingerprint density at radius 1 is 1.12 bits per heavy atom. The van der Waals surface area contributed by atoms with Crippen LogP contribution >= 0.6 is 22.6 Å². The first-order valence-corrected chi connectivity index (χ1v) is 8.44. The summed E-state index contributed by atoms with van der Waals surface area (Å²) in [5.41, 5.74) is 1.60. The van der Waals surface area contributed by atoms with Gasteiger partial charge in [-0.2, -0.15) is 0 Å². The highest BCUT2D eigenvalue weighted by Crippen LogP contribution is 2.32. The van der Waals surface area contributed by atoms with Crippen molar-refractivity contribution in [2.24, 2.45) is 7.05 Å². The minimum absolute atomic E-state index is 0.0520. The zero-order valence-electron chi connectivity index (χ0n) is 12.8. The number of hydrogen-bond acceptors (Lipinski definition) is 4. The molecule has 4 rings (SSSR count). The lowest BCUT2D eigenvalue weighted by molar-refractivity contribution is 0.174. The van der Waals surface area contributed by atoms with E-state index >= 15 is 0 Å². The first kappa shape index (κ1) is 15.2. The van der Waals surface area contributed by atoms with Crippen LogP contribution in [0.5, 0.6) is 11.5 Å². The summed E-state index contributed by atoms with van der Waals surface area (Å²) in [7, 11) is 1.73. The van der Waals surface area contributed by atoms with E-state index in [2.05, 4.69) is 27.6 Å². The average molecular weight is 432 g/mol. The second kappa shape index (κ2) is 5.94.